The predicted octanol–water partition coefficient (Wildman–Crippen LogP) is 1.60. The molecule has 0 saturated carbocycles. The molecule has 0 radical (unpaired) electrons. The lowest BCUT2D eigenvalue weighted by molar-refractivity contribution is -0.126. The SMILES string of the molecule is CC(CCC(=O)NC=O)N(C)C=O.Cc1cc(F)c(F)cc1C=O. The molecule has 0 bridgehead atoms. The lowest BCUT2D eigenvalue weighted by atomic mass is 10.1. The zero-order chi connectivity index (χ0) is 18.7. The van der Waals surface area contributed by atoms with Gasteiger partial charge in [0.1, 0.15) is 6.29 Å². The van der Waals surface area contributed by atoms with Crippen LogP contribution < -0.4 is 5.32 Å². The number of aldehydes is 1. The minimum absolute atomic E-state index is 0.00917. The Labute approximate surface area is 138 Å². The minimum atomic E-state index is -0.988. The third kappa shape index (κ3) is 7.57. The zero-order valence-corrected chi connectivity index (χ0v) is 13.7. The Bertz CT molecular complexity index is 594. The summed E-state index contributed by atoms with van der Waals surface area (Å²) in [6.07, 6.45) is 2.36. The van der Waals surface area contributed by atoms with E-state index in [1.54, 1.807) is 14.0 Å². The Kier molecular flexibility index (Phi) is 9.77. The molecular weight excluding hydrogens is 322 g/mol. The summed E-state index contributed by atoms with van der Waals surface area (Å²) < 4.78 is 24.8. The highest BCUT2D eigenvalue weighted by Crippen LogP contribution is 2.11. The fourth-order valence-electron chi connectivity index (χ4n) is 1.57. The number of amides is 3. The number of rotatable bonds is 7. The molecule has 1 aromatic carbocycles. The summed E-state index contributed by atoms with van der Waals surface area (Å²) in [6, 6.07) is 1.89. The van der Waals surface area contributed by atoms with Crippen LogP contribution in [0.4, 0.5) is 8.78 Å². The number of carbonyl (C=O) groups excluding carboxylic acids is 4. The maximum atomic E-state index is 12.4. The van der Waals surface area contributed by atoms with Gasteiger partial charge in [0.05, 0.1) is 0 Å². The maximum absolute atomic E-state index is 12.4. The van der Waals surface area contributed by atoms with Crippen molar-refractivity contribution in [3.63, 3.8) is 0 Å². The number of aryl methyl sites for hydroxylation is 1. The zero-order valence-electron chi connectivity index (χ0n) is 13.7. The van der Waals surface area contributed by atoms with Gasteiger partial charge in [0.15, 0.2) is 11.6 Å². The molecule has 0 fully saturated rings. The highest BCUT2D eigenvalue weighted by molar-refractivity contribution is 5.85. The molecule has 1 N–H and O–H groups in total. The molecule has 0 aliphatic carbocycles. The molecule has 24 heavy (non-hydrogen) atoms. The Morgan fingerprint density at radius 1 is 1.25 bits per heavy atom. The van der Waals surface area contributed by atoms with Crippen LogP contribution in [0.1, 0.15) is 35.7 Å². The van der Waals surface area contributed by atoms with Gasteiger partial charge in [-0.2, -0.15) is 0 Å². The van der Waals surface area contributed by atoms with Crippen molar-refractivity contribution in [1.82, 2.24) is 10.2 Å². The molecule has 0 aliphatic rings. The molecule has 0 aromatic heterocycles. The van der Waals surface area contributed by atoms with E-state index in [1.807, 2.05) is 12.2 Å². The number of hydrogen-bond donors (Lipinski definition) is 1. The van der Waals surface area contributed by atoms with Crippen molar-refractivity contribution in [3.8, 4) is 0 Å². The molecule has 132 valence electrons. The van der Waals surface area contributed by atoms with Gasteiger partial charge in [0.2, 0.25) is 18.7 Å². The summed E-state index contributed by atoms with van der Waals surface area (Å²) in [5.74, 6) is -2.23. The third-order valence-corrected chi connectivity index (χ3v) is 3.31. The number of nitrogens with zero attached hydrogens (tertiary/aromatic N) is 1. The first kappa shape index (κ1) is 21.4. The van der Waals surface area contributed by atoms with Gasteiger partial charge in [-0.25, -0.2) is 8.78 Å². The lowest BCUT2D eigenvalue weighted by Gasteiger charge is -2.19. The Balaban J connectivity index is 0.000000446. The molecule has 0 heterocycles. The molecule has 1 unspecified atom stereocenters. The second kappa shape index (κ2) is 11.0. The van der Waals surface area contributed by atoms with Crippen LogP contribution in [0.15, 0.2) is 12.1 Å². The van der Waals surface area contributed by atoms with Crippen LogP contribution in [0.3, 0.4) is 0 Å². The average molecular weight is 342 g/mol. The summed E-state index contributed by atoms with van der Waals surface area (Å²) >= 11 is 0. The highest BCUT2D eigenvalue weighted by Gasteiger charge is 2.09. The summed E-state index contributed by atoms with van der Waals surface area (Å²) in [5, 5.41) is 2.03. The largest absolute Gasteiger partial charge is 0.346 e. The Morgan fingerprint density at radius 2 is 1.83 bits per heavy atom. The van der Waals surface area contributed by atoms with Crippen molar-refractivity contribution in [2.24, 2.45) is 0 Å². The first-order chi connectivity index (χ1) is 11.3. The number of imide groups is 1. The number of nitrogens with one attached hydrogen (secondary N) is 1. The molecular formula is C16H20F2N2O4. The molecule has 0 aliphatic heterocycles. The Hall–Kier alpha value is -2.64. The lowest BCUT2D eigenvalue weighted by Crippen LogP contribution is -2.30. The summed E-state index contributed by atoms with van der Waals surface area (Å²) in [7, 11) is 1.65. The summed E-state index contributed by atoms with van der Waals surface area (Å²) in [6.45, 7) is 3.38. The molecule has 0 spiro atoms. The van der Waals surface area contributed by atoms with Crippen LogP contribution in [-0.4, -0.2) is 43.0 Å². The van der Waals surface area contributed by atoms with Crippen LogP contribution in [0.2, 0.25) is 0 Å². The second-order valence-electron chi connectivity index (χ2n) is 5.08. The van der Waals surface area contributed by atoms with Gasteiger partial charge >= 0.3 is 0 Å². The van der Waals surface area contributed by atoms with E-state index in [4.69, 9.17) is 0 Å². The van der Waals surface area contributed by atoms with E-state index in [0.29, 0.717) is 31.1 Å². The summed E-state index contributed by atoms with van der Waals surface area (Å²) in [5.41, 5.74) is 0.628. The topological polar surface area (TPSA) is 83.6 Å². The van der Waals surface area contributed by atoms with Crippen molar-refractivity contribution in [2.45, 2.75) is 32.7 Å². The van der Waals surface area contributed by atoms with Crippen LogP contribution in [0.5, 0.6) is 0 Å². The molecule has 1 atom stereocenters. The Morgan fingerprint density at radius 3 is 2.33 bits per heavy atom. The average Bonchev–Trinajstić information content (AvgIpc) is 2.56. The summed E-state index contributed by atoms with van der Waals surface area (Å²) in [4.78, 5) is 42.6. The van der Waals surface area contributed by atoms with Crippen LogP contribution in [0.25, 0.3) is 0 Å². The molecule has 0 saturated heterocycles. The quantitative estimate of drug-likeness (QED) is 0.763. The first-order valence-electron chi connectivity index (χ1n) is 7.07. The van der Waals surface area contributed by atoms with E-state index in [0.717, 1.165) is 12.1 Å². The van der Waals surface area contributed by atoms with Gasteiger partial charge in [-0.3, -0.25) is 24.5 Å². The number of halogens is 2. The fraction of sp³-hybridized carbons (Fsp3) is 0.375. The predicted molar refractivity (Wildman–Crippen MR) is 83.2 cm³/mol. The van der Waals surface area contributed by atoms with Crippen molar-refractivity contribution >= 4 is 25.0 Å². The van der Waals surface area contributed by atoms with Gasteiger partial charge in [-0.05, 0) is 38.0 Å². The van der Waals surface area contributed by atoms with Crippen molar-refractivity contribution < 1.29 is 28.0 Å². The number of carbonyl (C=O) groups is 4. The number of hydrogen-bond acceptors (Lipinski definition) is 4. The fourth-order valence-corrected chi connectivity index (χ4v) is 1.57. The smallest absolute Gasteiger partial charge is 0.226 e. The molecule has 1 rings (SSSR count). The van der Waals surface area contributed by atoms with E-state index >= 15 is 0 Å². The standard InChI is InChI=1S/C8H6F2O.C8H14N2O3/c1-5-2-7(9)8(10)3-6(5)4-11;1-7(10(2)6-12)3-4-8(13)9-5-11/h2-4H,1H3;5-7H,3-4H2,1-2H3,(H,9,11,13). The first-order valence-corrected chi connectivity index (χ1v) is 7.07. The van der Waals surface area contributed by atoms with E-state index < -0.39 is 11.6 Å². The third-order valence-electron chi connectivity index (χ3n) is 3.31. The second-order valence-corrected chi connectivity index (χ2v) is 5.08. The van der Waals surface area contributed by atoms with Gasteiger partial charge in [0.25, 0.3) is 0 Å². The van der Waals surface area contributed by atoms with Gasteiger partial charge in [-0.1, -0.05) is 0 Å². The van der Waals surface area contributed by atoms with E-state index in [1.165, 1.54) is 4.90 Å². The monoisotopic (exact) mass is 342 g/mol. The van der Waals surface area contributed by atoms with Crippen molar-refractivity contribution in [3.05, 3.63) is 34.9 Å². The van der Waals surface area contributed by atoms with Crippen LogP contribution >= 0.6 is 0 Å². The van der Waals surface area contributed by atoms with Crippen molar-refractivity contribution in [1.29, 1.82) is 0 Å². The normalized spacial score (nSPS) is 10.7. The van der Waals surface area contributed by atoms with Crippen molar-refractivity contribution in [2.75, 3.05) is 7.05 Å². The maximum Gasteiger partial charge on any atom is 0.226 e. The van der Waals surface area contributed by atoms with Crippen LogP contribution in [-0.2, 0) is 14.4 Å². The van der Waals surface area contributed by atoms with Crippen LogP contribution in [0, 0.1) is 18.6 Å². The minimum Gasteiger partial charge on any atom is -0.346 e. The molecule has 6 nitrogen and oxygen atoms in total. The van der Waals surface area contributed by atoms with E-state index in [-0.39, 0.29) is 23.9 Å². The molecule has 3 amide bonds. The van der Waals surface area contributed by atoms with E-state index in [9.17, 15) is 28.0 Å². The van der Waals surface area contributed by atoms with E-state index in [2.05, 4.69) is 0 Å². The van der Waals surface area contributed by atoms with Gasteiger partial charge in [-0.15, -0.1) is 0 Å². The molecule has 8 heteroatoms. The van der Waals surface area contributed by atoms with Gasteiger partial charge < -0.3 is 4.90 Å². The molecule has 1 aromatic rings. The number of benzene rings is 1. The highest BCUT2D eigenvalue weighted by atomic mass is 19.2. The van der Waals surface area contributed by atoms with Gasteiger partial charge in [0, 0.05) is 25.1 Å².